The highest BCUT2D eigenvalue weighted by Crippen LogP contribution is 2.02. The van der Waals surface area contributed by atoms with Gasteiger partial charge in [0.2, 0.25) is 0 Å². The van der Waals surface area contributed by atoms with Crippen LogP contribution in [0.1, 0.15) is 17.3 Å². The van der Waals surface area contributed by atoms with Crippen LogP contribution in [-0.2, 0) is 0 Å². The predicted octanol–water partition coefficient (Wildman–Crippen LogP) is 1.94. The van der Waals surface area contributed by atoms with Gasteiger partial charge in [0.05, 0.1) is 0 Å². The normalized spacial score (nSPS) is 9.50. The topological polar surface area (TPSA) is 20.3 Å². The van der Waals surface area contributed by atoms with E-state index >= 15 is 0 Å². The average Bonchev–Trinajstić information content (AvgIpc) is 2.17. The maximum Gasteiger partial charge on any atom is 0.253 e. The first-order valence-electron chi connectivity index (χ1n) is 3.93. The first-order valence-corrected chi connectivity index (χ1v) is 3.93. The van der Waals surface area contributed by atoms with Gasteiger partial charge in [-0.2, -0.15) is 0 Å². The summed E-state index contributed by atoms with van der Waals surface area (Å²) in [6.07, 6.45) is 0. The van der Waals surface area contributed by atoms with E-state index in [1.54, 1.807) is 12.1 Å². The number of carbonyl (C=O) groups excluding carboxylic acids is 1. The molecule has 0 bridgehead atoms. The smallest absolute Gasteiger partial charge is 0.253 e. The molecule has 0 aromatic heterocycles. The molecule has 0 saturated carbocycles. The molecule has 2 nitrogen and oxygen atoms in total. The van der Waals surface area contributed by atoms with E-state index in [1.165, 1.54) is 4.90 Å². The average molecular weight is 162 g/mol. The van der Waals surface area contributed by atoms with Crippen LogP contribution in [0.5, 0.6) is 0 Å². The predicted molar refractivity (Wildman–Crippen MR) is 48.5 cm³/mol. The summed E-state index contributed by atoms with van der Waals surface area (Å²) in [4.78, 5) is 12.9. The highest BCUT2D eigenvalue weighted by molar-refractivity contribution is 5.94. The van der Waals surface area contributed by atoms with Gasteiger partial charge < -0.3 is 4.90 Å². The fraction of sp³-hybridized carbons (Fsp3) is 0.200. The lowest BCUT2D eigenvalue weighted by atomic mass is 10.2. The number of benzene rings is 1. The maximum absolute atomic E-state index is 11.4. The van der Waals surface area contributed by atoms with Crippen LogP contribution in [0.4, 0.5) is 0 Å². The molecule has 12 heavy (non-hydrogen) atoms. The van der Waals surface area contributed by atoms with Crippen LogP contribution in [0, 0.1) is 7.05 Å². The minimum absolute atomic E-state index is 0.0295. The lowest BCUT2D eigenvalue weighted by Crippen LogP contribution is -2.23. The Hall–Kier alpha value is -1.31. The summed E-state index contributed by atoms with van der Waals surface area (Å²) in [7, 11) is 3.62. The van der Waals surface area contributed by atoms with Crippen LogP contribution < -0.4 is 0 Å². The number of hydrogen-bond donors (Lipinski definition) is 0. The summed E-state index contributed by atoms with van der Waals surface area (Å²) in [6, 6.07) is 9.15. The molecule has 0 heterocycles. The van der Waals surface area contributed by atoms with Crippen molar-refractivity contribution in [3.63, 3.8) is 0 Å². The molecule has 1 rings (SSSR count). The van der Waals surface area contributed by atoms with Gasteiger partial charge in [-0.25, -0.2) is 0 Å². The third kappa shape index (κ3) is 1.84. The van der Waals surface area contributed by atoms with Crippen LogP contribution in [0.15, 0.2) is 30.3 Å². The van der Waals surface area contributed by atoms with E-state index in [1.807, 2.05) is 25.1 Å². The molecule has 0 N–H and O–H groups in total. The molecule has 0 atom stereocenters. The van der Waals surface area contributed by atoms with Gasteiger partial charge in [0.15, 0.2) is 0 Å². The van der Waals surface area contributed by atoms with Crippen molar-refractivity contribution in [1.29, 1.82) is 0 Å². The van der Waals surface area contributed by atoms with Gasteiger partial charge in [0, 0.05) is 19.2 Å². The molecule has 1 radical (unpaired) electrons. The molecule has 0 aliphatic rings. The van der Waals surface area contributed by atoms with Crippen molar-refractivity contribution in [2.75, 3.05) is 6.54 Å². The first-order chi connectivity index (χ1) is 5.75. The second-order valence-electron chi connectivity index (χ2n) is 2.53. The van der Waals surface area contributed by atoms with Gasteiger partial charge in [0.1, 0.15) is 0 Å². The van der Waals surface area contributed by atoms with Gasteiger partial charge in [-0.3, -0.25) is 4.79 Å². The Morgan fingerprint density at radius 1 is 1.42 bits per heavy atom. The monoisotopic (exact) mass is 162 g/mol. The molecule has 0 aliphatic carbocycles. The molecule has 0 fully saturated rings. The number of nitrogens with zero attached hydrogens (tertiary/aromatic N) is 1. The van der Waals surface area contributed by atoms with Crippen molar-refractivity contribution in [3.05, 3.63) is 42.9 Å². The minimum atomic E-state index is -0.0295. The summed E-state index contributed by atoms with van der Waals surface area (Å²) in [5.74, 6) is -0.0295. The zero-order valence-electron chi connectivity index (χ0n) is 7.16. The second-order valence-corrected chi connectivity index (χ2v) is 2.53. The highest BCUT2D eigenvalue weighted by Gasteiger charge is 2.07. The Morgan fingerprint density at radius 3 is 2.50 bits per heavy atom. The molecule has 1 aromatic carbocycles. The number of amides is 1. The lowest BCUT2D eigenvalue weighted by Gasteiger charge is -2.13. The second kappa shape index (κ2) is 3.90. The Kier molecular flexibility index (Phi) is 2.86. The van der Waals surface area contributed by atoms with Crippen molar-refractivity contribution in [3.8, 4) is 0 Å². The Labute approximate surface area is 72.8 Å². The molecule has 0 saturated heterocycles. The number of carbonyl (C=O) groups is 1. The van der Waals surface area contributed by atoms with Crippen LogP contribution in [-0.4, -0.2) is 17.4 Å². The molecule has 0 aliphatic heterocycles. The van der Waals surface area contributed by atoms with Gasteiger partial charge >= 0.3 is 0 Å². The molecular formula is C10H12NO. The Bertz CT molecular complexity index is 256. The first kappa shape index (κ1) is 8.78. The maximum atomic E-state index is 11.4. The third-order valence-corrected chi connectivity index (χ3v) is 1.69. The summed E-state index contributed by atoms with van der Waals surface area (Å²) in [6.45, 7) is 2.53. The lowest BCUT2D eigenvalue weighted by molar-refractivity contribution is 0.0824. The standard InChI is InChI=1S/C10H12NO/c1-3-11(2)10(12)9-7-5-4-6-8-9/h4-8H,2-3H2,1H3. The van der Waals surface area contributed by atoms with E-state index in [2.05, 4.69) is 7.05 Å². The minimum Gasteiger partial charge on any atom is -0.337 e. The van der Waals surface area contributed by atoms with Crippen molar-refractivity contribution < 1.29 is 4.79 Å². The van der Waals surface area contributed by atoms with Crippen molar-refractivity contribution in [2.45, 2.75) is 6.92 Å². The SMILES string of the molecule is [CH2]N(CC)C(=O)c1ccccc1. The molecule has 0 spiro atoms. The Morgan fingerprint density at radius 2 is 2.00 bits per heavy atom. The van der Waals surface area contributed by atoms with Crippen molar-refractivity contribution in [2.24, 2.45) is 0 Å². The summed E-state index contributed by atoms with van der Waals surface area (Å²) >= 11 is 0. The van der Waals surface area contributed by atoms with Crippen LogP contribution in [0.25, 0.3) is 0 Å². The summed E-state index contributed by atoms with van der Waals surface area (Å²) < 4.78 is 0. The molecule has 1 aromatic rings. The number of hydrogen-bond acceptors (Lipinski definition) is 1. The number of rotatable bonds is 2. The largest absolute Gasteiger partial charge is 0.337 e. The quantitative estimate of drug-likeness (QED) is 0.650. The van der Waals surface area contributed by atoms with Gasteiger partial charge in [-0.05, 0) is 19.1 Å². The van der Waals surface area contributed by atoms with E-state index in [4.69, 9.17) is 0 Å². The summed E-state index contributed by atoms with van der Waals surface area (Å²) in [5, 5.41) is 0. The van der Waals surface area contributed by atoms with Crippen molar-refractivity contribution >= 4 is 5.91 Å². The molecule has 2 heteroatoms. The van der Waals surface area contributed by atoms with E-state index in [9.17, 15) is 4.79 Å². The van der Waals surface area contributed by atoms with E-state index in [0.29, 0.717) is 12.1 Å². The Balaban J connectivity index is 2.79. The zero-order valence-corrected chi connectivity index (χ0v) is 7.16. The fourth-order valence-electron chi connectivity index (χ4n) is 0.907. The summed E-state index contributed by atoms with van der Waals surface area (Å²) in [5.41, 5.74) is 0.689. The van der Waals surface area contributed by atoms with Crippen molar-refractivity contribution in [1.82, 2.24) is 4.90 Å². The fourth-order valence-corrected chi connectivity index (χ4v) is 0.907. The van der Waals surface area contributed by atoms with Gasteiger partial charge in [-0.15, -0.1) is 0 Å². The molecule has 63 valence electrons. The van der Waals surface area contributed by atoms with E-state index in [0.717, 1.165) is 0 Å². The molecule has 1 amide bonds. The highest BCUT2D eigenvalue weighted by atomic mass is 16.2. The van der Waals surface area contributed by atoms with Crippen LogP contribution >= 0.6 is 0 Å². The van der Waals surface area contributed by atoms with Gasteiger partial charge in [-0.1, -0.05) is 18.2 Å². The zero-order chi connectivity index (χ0) is 8.97. The molecule has 0 unspecified atom stereocenters. The van der Waals surface area contributed by atoms with Crippen LogP contribution in [0.3, 0.4) is 0 Å². The van der Waals surface area contributed by atoms with E-state index in [-0.39, 0.29) is 5.91 Å². The van der Waals surface area contributed by atoms with E-state index < -0.39 is 0 Å². The van der Waals surface area contributed by atoms with Crippen LogP contribution in [0.2, 0.25) is 0 Å². The van der Waals surface area contributed by atoms with Gasteiger partial charge in [0.25, 0.3) is 5.91 Å². The third-order valence-electron chi connectivity index (χ3n) is 1.69. The molecular weight excluding hydrogens is 150 g/mol.